The molecule has 0 aromatic carbocycles. The maximum Gasteiger partial charge on any atom is 0.147 e. The highest BCUT2D eigenvalue weighted by atomic mass is 32.1. The highest BCUT2D eigenvalue weighted by Gasteiger charge is 2.32. The minimum Gasteiger partial charge on any atom is -0.367 e. The third-order valence-electron chi connectivity index (χ3n) is 7.88. The van der Waals surface area contributed by atoms with Crippen LogP contribution in [0.15, 0.2) is 6.33 Å². The Morgan fingerprint density at radius 1 is 1.00 bits per heavy atom. The number of anilines is 2. The van der Waals surface area contributed by atoms with Crippen molar-refractivity contribution < 1.29 is 0 Å². The molecule has 3 aliphatic rings. The van der Waals surface area contributed by atoms with Crippen molar-refractivity contribution in [3.63, 3.8) is 0 Å². The average molecular weight is 465 g/mol. The van der Waals surface area contributed by atoms with Crippen LogP contribution in [0.5, 0.6) is 0 Å². The smallest absolute Gasteiger partial charge is 0.147 e. The lowest BCUT2D eigenvalue weighted by Crippen LogP contribution is -2.33. The van der Waals surface area contributed by atoms with E-state index in [4.69, 9.17) is 9.97 Å². The molecule has 0 saturated carbocycles. The number of nitrogens with one attached hydrogen (secondary N) is 1. The van der Waals surface area contributed by atoms with Gasteiger partial charge in [0.25, 0.3) is 0 Å². The van der Waals surface area contributed by atoms with Crippen molar-refractivity contribution in [3.05, 3.63) is 17.5 Å². The maximum absolute atomic E-state index is 5.29. The summed E-state index contributed by atoms with van der Waals surface area (Å²) in [6.07, 6.45) is 11.8. The zero-order valence-electron chi connectivity index (χ0n) is 20.1. The van der Waals surface area contributed by atoms with Crippen molar-refractivity contribution in [2.24, 2.45) is 5.41 Å². The van der Waals surface area contributed by atoms with Crippen molar-refractivity contribution in [1.29, 1.82) is 0 Å². The SMILES string of the molecule is CC1(C)CCc2c(N3CCCC3)nc3sc4c(NCCN5CCCCC5)ncnc4c3c2C1. The normalized spacial score (nSPS) is 21.1. The van der Waals surface area contributed by atoms with Gasteiger partial charge in [0.05, 0.1) is 10.2 Å². The predicted molar refractivity (Wildman–Crippen MR) is 139 cm³/mol. The summed E-state index contributed by atoms with van der Waals surface area (Å²) in [6, 6.07) is 0. The van der Waals surface area contributed by atoms with Gasteiger partial charge >= 0.3 is 0 Å². The second kappa shape index (κ2) is 8.66. The summed E-state index contributed by atoms with van der Waals surface area (Å²) < 4.78 is 1.17. The van der Waals surface area contributed by atoms with Gasteiger partial charge in [0.1, 0.15) is 22.8 Å². The molecule has 0 spiro atoms. The minimum absolute atomic E-state index is 0.320. The van der Waals surface area contributed by atoms with Gasteiger partial charge in [0.15, 0.2) is 0 Å². The van der Waals surface area contributed by atoms with E-state index in [9.17, 15) is 0 Å². The summed E-state index contributed by atoms with van der Waals surface area (Å²) in [5, 5.41) is 4.94. The first-order valence-corrected chi connectivity index (χ1v) is 13.7. The zero-order valence-corrected chi connectivity index (χ0v) is 20.9. The molecular formula is C26H36N6S. The lowest BCUT2D eigenvalue weighted by molar-refractivity contribution is 0.237. The third kappa shape index (κ3) is 4.08. The molecule has 0 radical (unpaired) electrons. The molecule has 0 amide bonds. The van der Waals surface area contributed by atoms with E-state index in [2.05, 4.69) is 33.9 Å². The van der Waals surface area contributed by atoms with Gasteiger partial charge in [-0.15, -0.1) is 11.3 Å². The van der Waals surface area contributed by atoms with E-state index < -0.39 is 0 Å². The molecule has 33 heavy (non-hydrogen) atoms. The van der Waals surface area contributed by atoms with Gasteiger partial charge < -0.3 is 15.1 Å². The molecule has 2 aliphatic heterocycles. The number of piperidine rings is 1. The van der Waals surface area contributed by atoms with Crippen molar-refractivity contribution in [3.8, 4) is 0 Å². The number of hydrogen-bond acceptors (Lipinski definition) is 7. The summed E-state index contributed by atoms with van der Waals surface area (Å²) in [6.45, 7) is 11.6. The third-order valence-corrected chi connectivity index (χ3v) is 8.96. The summed E-state index contributed by atoms with van der Waals surface area (Å²) in [7, 11) is 0. The number of hydrogen-bond donors (Lipinski definition) is 1. The van der Waals surface area contributed by atoms with Crippen LogP contribution in [0.4, 0.5) is 11.6 Å². The number of nitrogens with zero attached hydrogens (tertiary/aromatic N) is 5. The Balaban J connectivity index is 1.40. The topological polar surface area (TPSA) is 57.2 Å². The molecule has 6 nitrogen and oxygen atoms in total. The fourth-order valence-corrected chi connectivity index (χ4v) is 7.14. The fourth-order valence-electron chi connectivity index (χ4n) is 6.02. The zero-order chi connectivity index (χ0) is 22.4. The lowest BCUT2D eigenvalue weighted by atomic mass is 9.73. The van der Waals surface area contributed by atoms with E-state index in [0.717, 1.165) is 55.2 Å². The molecule has 176 valence electrons. The van der Waals surface area contributed by atoms with E-state index in [1.54, 1.807) is 17.7 Å². The van der Waals surface area contributed by atoms with Crippen molar-refractivity contribution in [2.75, 3.05) is 49.5 Å². The van der Waals surface area contributed by atoms with Gasteiger partial charge in [-0.05, 0) is 74.6 Å². The predicted octanol–water partition coefficient (Wildman–Crippen LogP) is 5.25. The molecular weight excluding hydrogens is 428 g/mol. The molecule has 1 N–H and O–H groups in total. The second-order valence-corrected chi connectivity index (χ2v) is 11.9. The summed E-state index contributed by atoms with van der Waals surface area (Å²) in [4.78, 5) is 21.0. The van der Waals surface area contributed by atoms with Gasteiger partial charge in [-0.2, -0.15) is 0 Å². The van der Waals surface area contributed by atoms with Gasteiger partial charge in [-0.25, -0.2) is 15.0 Å². The molecule has 3 aromatic rings. The van der Waals surface area contributed by atoms with Crippen LogP contribution in [0, 0.1) is 5.41 Å². The number of thiophene rings is 1. The van der Waals surface area contributed by atoms with Crippen molar-refractivity contribution in [1.82, 2.24) is 19.9 Å². The number of rotatable bonds is 5. The van der Waals surface area contributed by atoms with E-state index in [1.165, 1.54) is 78.6 Å². The Morgan fingerprint density at radius 3 is 2.61 bits per heavy atom. The summed E-state index contributed by atoms with van der Waals surface area (Å²) >= 11 is 1.78. The Kier molecular flexibility index (Phi) is 5.65. The molecule has 0 bridgehead atoms. The lowest BCUT2D eigenvalue weighted by Gasteiger charge is -2.34. The molecule has 0 atom stereocenters. The molecule has 7 heteroatoms. The van der Waals surface area contributed by atoms with Crippen molar-refractivity contribution >= 4 is 43.4 Å². The average Bonchev–Trinajstić information content (AvgIpc) is 3.47. The summed E-state index contributed by atoms with van der Waals surface area (Å²) in [5.74, 6) is 2.23. The molecule has 3 aromatic heterocycles. The minimum atomic E-state index is 0.320. The van der Waals surface area contributed by atoms with Crippen LogP contribution < -0.4 is 10.2 Å². The Morgan fingerprint density at radius 2 is 1.79 bits per heavy atom. The maximum atomic E-state index is 5.29. The van der Waals surface area contributed by atoms with Gasteiger partial charge in [-0.3, -0.25) is 0 Å². The Labute approximate surface area is 200 Å². The highest BCUT2D eigenvalue weighted by molar-refractivity contribution is 7.26. The Hall–Kier alpha value is -1.99. The summed E-state index contributed by atoms with van der Waals surface area (Å²) in [5.41, 5.74) is 4.41. The fraction of sp³-hybridized carbons (Fsp3) is 0.654. The number of pyridine rings is 1. The number of aromatic nitrogens is 3. The van der Waals surface area contributed by atoms with Crippen LogP contribution in [0.1, 0.15) is 63.5 Å². The van der Waals surface area contributed by atoms with Crippen LogP contribution >= 0.6 is 11.3 Å². The first-order valence-electron chi connectivity index (χ1n) is 12.9. The van der Waals surface area contributed by atoms with Crippen LogP contribution in [-0.4, -0.2) is 59.1 Å². The van der Waals surface area contributed by atoms with Gasteiger partial charge in [-0.1, -0.05) is 20.3 Å². The van der Waals surface area contributed by atoms with E-state index in [-0.39, 0.29) is 0 Å². The van der Waals surface area contributed by atoms with Crippen molar-refractivity contribution in [2.45, 2.75) is 65.2 Å². The van der Waals surface area contributed by atoms with E-state index in [0.29, 0.717) is 5.41 Å². The Bertz CT molecular complexity index is 1160. The molecule has 5 heterocycles. The quantitative estimate of drug-likeness (QED) is 0.556. The molecule has 1 aliphatic carbocycles. The standard InChI is InChI=1S/C26H36N6S/c1-26(2)9-8-18-19(16-26)20-21-22(33-25(20)30-24(18)32-13-6-7-14-32)23(29-17-28-21)27-10-15-31-11-4-3-5-12-31/h17H,3-16H2,1-2H3,(H,27,28,29). The molecule has 2 saturated heterocycles. The van der Waals surface area contributed by atoms with Gasteiger partial charge in [0, 0.05) is 31.6 Å². The largest absolute Gasteiger partial charge is 0.367 e. The highest BCUT2D eigenvalue weighted by Crippen LogP contribution is 2.46. The second-order valence-electron chi connectivity index (χ2n) is 10.9. The first kappa shape index (κ1) is 21.5. The van der Waals surface area contributed by atoms with Crippen LogP contribution in [0.25, 0.3) is 20.4 Å². The van der Waals surface area contributed by atoms with Crippen LogP contribution in [-0.2, 0) is 12.8 Å². The number of fused-ring (bicyclic) bond motifs is 5. The van der Waals surface area contributed by atoms with Crippen LogP contribution in [0.2, 0.25) is 0 Å². The number of likely N-dealkylation sites (tertiary alicyclic amines) is 1. The molecule has 6 rings (SSSR count). The molecule has 2 fully saturated rings. The first-order chi connectivity index (χ1) is 16.1. The van der Waals surface area contributed by atoms with Crippen LogP contribution in [0.3, 0.4) is 0 Å². The monoisotopic (exact) mass is 464 g/mol. The molecule has 0 unspecified atom stereocenters. The van der Waals surface area contributed by atoms with E-state index in [1.807, 2.05) is 0 Å². The van der Waals surface area contributed by atoms with E-state index >= 15 is 0 Å². The van der Waals surface area contributed by atoms with Gasteiger partial charge in [0.2, 0.25) is 0 Å².